The van der Waals surface area contributed by atoms with Crippen LogP contribution >= 0.6 is 23.1 Å². The standard InChI is InChI=1S/C20H24N4OS2/c1-5-23(15(4)25)20-22-17(13-27-20)12-26-19-21-10-11-24(19)18-8-6-16(7-9-18)14(2)3/h6-11,13-14H,5,12H2,1-4H3. The molecule has 7 heteroatoms. The highest BCUT2D eigenvalue weighted by Gasteiger charge is 2.14. The first-order valence-electron chi connectivity index (χ1n) is 8.98. The maximum atomic E-state index is 11.7. The first kappa shape index (κ1) is 19.6. The molecule has 3 aromatic rings. The van der Waals surface area contributed by atoms with Gasteiger partial charge in [0.25, 0.3) is 0 Å². The number of carbonyl (C=O) groups excluding carboxylic acids is 1. The maximum Gasteiger partial charge on any atom is 0.225 e. The van der Waals surface area contributed by atoms with Gasteiger partial charge in [-0.15, -0.1) is 11.3 Å². The summed E-state index contributed by atoms with van der Waals surface area (Å²) in [7, 11) is 0. The average Bonchev–Trinajstić information content (AvgIpc) is 3.29. The third kappa shape index (κ3) is 4.59. The van der Waals surface area contributed by atoms with E-state index in [9.17, 15) is 4.79 Å². The Kier molecular flexibility index (Phi) is 6.34. The average molecular weight is 401 g/mol. The predicted octanol–water partition coefficient (Wildman–Crippen LogP) is 5.12. The first-order chi connectivity index (χ1) is 13.0. The molecule has 0 spiro atoms. The van der Waals surface area contributed by atoms with E-state index in [-0.39, 0.29) is 5.91 Å². The highest BCUT2D eigenvalue weighted by molar-refractivity contribution is 7.98. The normalized spacial score (nSPS) is 11.1. The van der Waals surface area contributed by atoms with Gasteiger partial charge in [-0.05, 0) is 30.5 Å². The molecule has 3 rings (SSSR count). The number of rotatable bonds is 7. The molecule has 5 nitrogen and oxygen atoms in total. The predicted molar refractivity (Wildman–Crippen MR) is 113 cm³/mol. The van der Waals surface area contributed by atoms with Crippen molar-refractivity contribution < 1.29 is 4.79 Å². The van der Waals surface area contributed by atoms with Crippen LogP contribution in [0.3, 0.4) is 0 Å². The molecule has 0 saturated heterocycles. The Labute approximate surface area is 168 Å². The number of benzene rings is 1. The van der Waals surface area contributed by atoms with Crippen molar-refractivity contribution in [2.24, 2.45) is 0 Å². The monoisotopic (exact) mass is 400 g/mol. The van der Waals surface area contributed by atoms with E-state index in [1.165, 1.54) is 16.9 Å². The zero-order chi connectivity index (χ0) is 19.4. The Morgan fingerprint density at radius 3 is 2.67 bits per heavy atom. The number of hydrogen-bond acceptors (Lipinski definition) is 5. The van der Waals surface area contributed by atoms with Crippen LogP contribution in [0.25, 0.3) is 5.69 Å². The molecule has 2 aromatic heterocycles. The van der Waals surface area contributed by atoms with Crippen molar-refractivity contribution in [3.05, 3.63) is 53.3 Å². The summed E-state index contributed by atoms with van der Waals surface area (Å²) in [6, 6.07) is 8.60. The number of amides is 1. The summed E-state index contributed by atoms with van der Waals surface area (Å²) >= 11 is 3.15. The molecule has 0 aliphatic heterocycles. The molecule has 0 radical (unpaired) electrons. The molecule has 0 unspecified atom stereocenters. The second kappa shape index (κ2) is 8.71. The molecule has 0 atom stereocenters. The van der Waals surface area contributed by atoms with Crippen LogP contribution in [0.5, 0.6) is 0 Å². The lowest BCUT2D eigenvalue weighted by molar-refractivity contribution is -0.116. The molecule has 2 heterocycles. The number of anilines is 1. The lowest BCUT2D eigenvalue weighted by Crippen LogP contribution is -2.27. The van der Waals surface area contributed by atoms with E-state index < -0.39 is 0 Å². The highest BCUT2D eigenvalue weighted by Crippen LogP contribution is 2.28. The Hall–Kier alpha value is -2.12. The maximum absolute atomic E-state index is 11.7. The van der Waals surface area contributed by atoms with Gasteiger partial charge in [-0.3, -0.25) is 14.3 Å². The van der Waals surface area contributed by atoms with Crippen molar-refractivity contribution in [1.82, 2.24) is 14.5 Å². The van der Waals surface area contributed by atoms with Gasteiger partial charge in [-0.2, -0.15) is 0 Å². The van der Waals surface area contributed by atoms with Gasteiger partial charge >= 0.3 is 0 Å². The molecule has 0 fully saturated rings. The smallest absolute Gasteiger partial charge is 0.225 e. The molecule has 1 aromatic carbocycles. The van der Waals surface area contributed by atoms with Crippen LogP contribution in [-0.4, -0.2) is 27.0 Å². The van der Waals surface area contributed by atoms with E-state index in [0.29, 0.717) is 18.2 Å². The quantitative estimate of drug-likeness (QED) is 0.517. The van der Waals surface area contributed by atoms with Gasteiger partial charge in [0.2, 0.25) is 5.91 Å². The molecule has 0 N–H and O–H groups in total. The van der Waals surface area contributed by atoms with Gasteiger partial charge in [0.15, 0.2) is 10.3 Å². The number of nitrogens with zero attached hydrogens (tertiary/aromatic N) is 4. The van der Waals surface area contributed by atoms with E-state index in [1.54, 1.807) is 23.6 Å². The molecule has 0 aliphatic carbocycles. The van der Waals surface area contributed by atoms with E-state index in [2.05, 4.69) is 52.6 Å². The summed E-state index contributed by atoms with van der Waals surface area (Å²) in [6.07, 6.45) is 3.80. The van der Waals surface area contributed by atoms with Gasteiger partial charge in [-0.25, -0.2) is 9.97 Å². The zero-order valence-electron chi connectivity index (χ0n) is 16.0. The summed E-state index contributed by atoms with van der Waals surface area (Å²) in [6.45, 7) is 8.55. The topological polar surface area (TPSA) is 51.0 Å². The molecule has 27 heavy (non-hydrogen) atoms. The van der Waals surface area contributed by atoms with Crippen molar-refractivity contribution in [3.63, 3.8) is 0 Å². The van der Waals surface area contributed by atoms with Crippen LogP contribution in [0, 0.1) is 0 Å². The zero-order valence-corrected chi connectivity index (χ0v) is 17.7. The summed E-state index contributed by atoms with van der Waals surface area (Å²) in [5.41, 5.74) is 3.39. The van der Waals surface area contributed by atoms with E-state index in [1.807, 2.05) is 24.7 Å². The molecule has 0 bridgehead atoms. The van der Waals surface area contributed by atoms with Crippen LogP contribution in [0.4, 0.5) is 5.13 Å². The van der Waals surface area contributed by atoms with Crippen LogP contribution in [-0.2, 0) is 10.5 Å². The summed E-state index contributed by atoms with van der Waals surface area (Å²) in [5.74, 6) is 1.26. The van der Waals surface area contributed by atoms with Crippen LogP contribution in [0.1, 0.15) is 44.9 Å². The first-order valence-corrected chi connectivity index (χ1v) is 10.8. The van der Waals surface area contributed by atoms with Gasteiger partial charge < -0.3 is 0 Å². The van der Waals surface area contributed by atoms with Gasteiger partial charge in [0, 0.05) is 42.7 Å². The number of thioether (sulfide) groups is 1. The lowest BCUT2D eigenvalue weighted by Gasteiger charge is -2.14. The molecule has 1 amide bonds. The van der Waals surface area contributed by atoms with Crippen molar-refractivity contribution >= 4 is 34.1 Å². The minimum absolute atomic E-state index is 0.0199. The van der Waals surface area contributed by atoms with Crippen molar-refractivity contribution in [1.29, 1.82) is 0 Å². The van der Waals surface area contributed by atoms with Crippen molar-refractivity contribution in [2.45, 2.75) is 44.5 Å². The Morgan fingerprint density at radius 2 is 2.04 bits per heavy atom. The van der Waals surface area contributed by atoms with Gasteiger partial charge in [0.1, 0.15) is 0 Å². The van der Waals surface area contributed by atoms with Gasteiger partial charge in [-0.1, -0.05) is 37.7 Å². The summed E-state index contributed by atoms with van der Waals surface area (Å²) < 4.78 is 2.09. The largest absolute Gasteiger partial charge is 0.295 e. The Morgan fingerprint density at radius 1 is 1.30 bits per heavy atom. The third-order valence-corrected chi connectivity index (χ3v) is 6.17. The molecule has 0 saturated carbocycles. The Balaban J connectivity index is 1.70. The van der Waals surface area contributed by atoms with Gasteiger partial charge in [0.05, 0.1) is 5.69 Å². The second-order valence-electron chi connectivity index (χ2n) is 6.50. The van der Waals surface area contributed by atoms with E-state index in [4.69, 9.17) is 0 Å². The van der Waals surface area contributed by atoms with Crippen LogP contribution in [0.15, 0.2) is 47.2 Å². The molecular weight excluding hydrogens is 376 g/mol. The van der Waals surface area contributed by atoms with Crippen LogP contribution < -0.4 is 4.90 Å². The number of hydrogen-bond donors (Lipinski definition) is 0. The fraction of sp³-hybridized carbons (Fsp3) is 0.350. The number of imidazole rings is 1. The van der Waals surface area contributed by atoms with Crippen molar-refractivity contribution in [3.8, 4) is 5.69 Å². The van der Waals surface area contributed by atoms with Crippen LogP contribution in [0.2, 0.25) is 0 Å². The van der Waals surface area contributed by atoms with E-state index in [0.717, 1.165) is 21.7 Å². The minimum atomic E-state index is 0.0199. The molecular formula is C20H24N4OS2. The fourth-order valence-electron chi connectivity index (χ4n) is 2.73. The fourth-order valence-corrected chi connectivity index (χ4v) is 4.63. The molecule has 142 valence electrons. The highest BCUT2D eigenvalue weighted by atomic mass is 32.2. The van der Waals surface area contributed by atoms with Crippen molar-refractivity contribution in [2.75, 3.05) is 11.4 Å². The number of carbonyl (C=O) groups is 1. The number of aromatic nitrogens is 3. The second-order valence-corrected chi connectivity index (χ2v) is 8.28. The molecule has 0 aliphatic rings. The number of thiazole rings is 1. The SMILES string of the molecule is CCN(C(C)=O)c1nc(CSc2nccn2-c2ccc(C(C)C)cc2)cs1. The third-order valence-electron chi connectivity index (χ3n) is 4.26. The minimum Gasteiger partial charge on any atom is -0.295 e. The van der Waals surface area contributed by atoms with E-state index >= 15 is 0 Å². The summed E-state index contributed by atoms with van der Waals surface area (Å²) in [4.78, 5) is 22.5. The summed E-state index contributed by atoms with van der Waals surface area (Å²) in [5, 5.41) is 3.70. The Bertz CT molecular complexity index is 899. The lowest BCUT2D eigenvalue weighted by atomic mass is 10.0.